The van der Waals surface area contributed by atoms with Crippen LogP contribution in [0.3, 0.4) is 0 Å². The zero-order chi connectivity index (χ0) is 10.7. The molecule has 0 radical (unpaired) electrons. The average Bonchev–Trinajstić information content (AvgIpc) is 2.01. The molecule has 0 aromatic carbocycles. The highest BCUT2D eigenvalue weighted by Crippen LogP contribution is 2.13. The highest BCUT2D eigenvalue weighted by Gasteiger charge is 2.24. The standard InChI is InChI=1S/C8H9N3O3/c9-8(10)11-4-1-2-5(7(13)14)6(12)3-4/h1-3,5H,(H,13,14)(H4,9,10,11). The minimum Gasteiger partial charge on any atom is -0.480 e. The lowest BCUT2D eigenvalue weighted by molar-refractivity contribution is -0.143. The summed E-state index contributed by atoms with van der Waals surface area (Å²) in [6.07, 6.45) is 3.73. The molecular weight excluding hydrogens is 186 g/mol. The third-order valence-corrected chi connectivity index (χ3v) is 1.58. The molecule has 1 rings (SSSR count). The Morgan fingerprint density at radius 2 is 2.14 bits per heavy atom. The molecule has 74 valence electrons. The Bertz CT molecular complexity index is 364. The van der Waals surface area contributed by atoms with E-state index in [1.54, 1.807) is 0 Å². The van der Waals surface area contributed by atoms with E-state index in [0.717, 1.165) is 6.08 Å². The Labute approximate surface area is 79.6 Å². The van der Waals surface area contributed by atoms with Crippen molar-refractivity contribution in [1.82, 2.24) is 0 Å². The predicted molar refractivity (Wildman–Crippen MR) is 49.2 cm³/mol. The fourth-order valence-electron chi connectivity index (χ4n) is 0.996. The van der Waals surface area contributed by atoms with Crippen LogP contribution >= 0.6 is 0 Å². The first-order chi connectivity index (χ1) is 6.50. The van der Waals surface area contributed by atoms with Gasteiger partial charge in [-0.15, -0.1) is 0 Å². The second-order valence-corrected chi connectivity index (χ2v) is 2.68. The summed E-state index contributed by atoms with van der Waals surface area (Å²) in [7, 11) is 0. The molecule has 0 aromatic heterocycles. The van der Waals surface area contributed by atoms with Gasteiger partial charge in [0, 0.05) is 6.08 Å². The number of aliphatic carboxylic acids is 1. The summed E-state index contributed by atoms with van der Waals surface area (Å²) < 4.78 is 0. The molecule has 0 saturated heterocycles. The van der Waals surface area contributed by atoms with Gasteiger partial charge in [0.15, 0.2) is 11.7 Å². The normalized spacial score (nSPS) is 20.1. The number of nitrogens with two attached hydrogens (primary N) is 2. The maximum Gasteiger partial charge on any atom is 0.318 e. The number of hydrogen-bond acceptors (Lipinski definition) is 3. The molecule has 6 heteroatoms. The van der Waals surface area contributed by atoms with Crippen LogP contribution in [0.25, 0.3) is 0 Å². The number of carboxylic acids is 1. The van der Waals surface area contributed by atoms with Gasteiger partial charge in [0.2, 0.25) is 0 Å². The summed E-state index contributed by atoms with van der Waals surface area (Å²) in [5, 5.41) is 8.59. The van der Waals surface area contributed by atoms with Crippen LogP contribution in [0.4, 0.5) is 0 Å². The number of hydrogen-bond donors (Lipinski definition) is 3. The van der Waals surface area contributed by atoms with Gasteiger partial charge in [-0.25, -0.2) is 4.99 Å². The van der Waals surface area contributed by atoms with Gasteiger partial charge in [0.05, 0.1) is 5.70 Å². The second-order valence-electron chi connectivity index (χ2n) is 2.68. The lowest BCUT2D eigenvalue weighted by atomic mass is 9.98. The van der Waals surface area contributed by atoms with Crippen molar-refractivity contribution < 1.29 is 14.7 Å². The summed E-state index contributed by atoms with van der Waals surface area (Å²) >= 11 is 0. The van der Waals surface area contributed by atoms with Gasteiger partial charge in [-0.2, -0.15) is 0 Å². The zero-order valence-electron chi connectivity index (χ0n) is 7.18. The SMILES string of the molecule is NC(N)=NC1=CC(=O)C(C(=O)O)C=C1. The summed E-state index contributed by atoms with van der Waals surface area (Å²) in [5.41, 5.74) is 10.4. The molecule has 5 N–H and O–H groups in total. The first kappa shape index (κ1) is 9.97. The summed E-state index contributed by atoms with van der Waals surface area (Å²) in [6.45, 7) is 0. The topological polar surface area (TPSA) is 119 Å². The van der Waals surface area contributed by atoms with Crippen molar-refractivity contribution in [2.45, 2.75) is 0 Å². The highest BCUT2D eigenvalue weighted by atomic mass is 16.4. The lowest BCUT2D eigenvalue weighted by Gasteiger charge is -2.08. The quantitative estimate of drug-likeness (QED) is 0.296. The lowest BCUT2D eigenvalue weighted by Crippen LogP contribution is -2.24. The largest absolute Gasteiger partial charge is 0.480 e. The number of carboxylic acid groups (broad SMARTS) is 1. The fourth-order valence-corrected chi connectivity index (χ4v) is 0.996. The molecule has 0 aliphatic heterocycles. The number of allylic oxidation sites excluding steroid dienone is 2. The molecular formula is C8H9N3O3. The van der Waals surface area contributed by atoms with E-state index in [4.69, 9.17) is 16.6 Å². The molecule has 6 nitrogen and oxygen atoms in total. The van der Waals surface area contributed by atoms with Crippen molar-refractivity contribution in [2.24, 2.45) is 22.4 Å². The van der Waals surface area contributed by atoms with Gasteiger partial charge >= 0.3 is 5.97 Å². The first-order valence-electron chi connectivity index (χ1n) is 3.77. The van der Waals surface area contributed by atoms with Gasteiger partial charge in [0.25, 0.3) is 0 Å². The number of nitrogens with zero attached hydrogens (tertiary/aromatic N) is 1. The van der Waals surface area contributed by atoms with Gasteiger partial charge < -0.3 is 16.6 Å². The number of carbonyl (C=O) groups is 2. The number of carbonyl (C=O) groups excluding carboxylic acids is 1. The average molecular weight is 195 g/mol. The van der Waals surface area contributed by atoms with E-state index < -0.39 is 17.7 Å². The van der Waals surface area contributed by atoms with E-state index in [9.17, 15) is 9.59 Å². The monoisotopic (exact) mass is 195 g/mol. The number of aliphatic imine (C=N–C) groups is 1. The molecule has 0 aromatic rings. The minimum absolute atomic E-state index is 0.178. The van der Waals surface area contributed by atoms with E-state index in [2.05, 4.69) is 4.99 Å². The Morgan fingerprint density at radius 3 is 2.57 bits per heavy atom. The highest BCUT2D eigenvalue weighted by molar-refractivity contribution is 6.07. The van der Waals surface area contributed by atoms with E-state index >= 15 is 0 Å². The van der Waals surface area contributed by atoms with Gasteiger partial charge in [0.1, 0.15) is 5.92 Å². The summed E-state index contributed by atoms with van der Waals surface area (Å²) in [6, 6.07) is 0. The second kappa shape index (κ2) is 3.73. The third kappa shape index (κ3) is 2.19. The molecule has 1 aliphatic rings. The van der Waals surface area contributed by atoms with E-state index in [-0.39, 0.29) is 11.7 Å². The van der Waals surface area contributed by atoms with Crippen molar-refractivity contribution in [3.8, 4) is 0 Å². The van der Waals surface area contributed by atoms with Crippen molar-refractivity contribution in [2.75, 3.05) is 0 Å². The maximum atomic E-state index is 11.2. The molecule has 0 heterocycles. The Kier molecular flexibility index (Phi) is 2.66. The molecule has 0 saturated carbocycles. The van der Waals surface area contributed by atoms with E-state index in [0.29, 0.717) is 0 Å². The smallest absolute Gasteiger partial charge is 0.318 e. The predicted octanol–water partition coefficient (Wildman–Crippen LogP) is -1.02. The summed E-state index contributed by atoms with van der Waals surface area (Å²) in [5.74, 6) is -3.04. The van der Waals surface area contributed by atoms with Crippen molar-refractivity contribution in [3.63, 3.8) is 0 Å². The maximum absolute atomic E-state index is 11.2. The fraction of sp³-hybridized carbons (Fsp3) is 0.125. The van der Waals surface area contributed by atoms with Crippen molar-refractivity contribution in [1.29, 1.82) is 0 Å². The van der Waals surface area contributed by atoms with Crippen molar-refractivity contribution >= 4 is 17.7 Å². The Hall–Kier alpha value is -2.11. The minimum atomic E-state index is -1.19. The molecule has 14 heavy (non-hydrogen) atoms. The number of guanidine groups is 1. The molecule has 0 fully saturated rings. The first-order valence-corrected chi connectivity index (χ1v) is 3.77. The molecule has 0 bridgehead atoms. The third-order valence-electron chi connectivity index (χ3n) is 1.58. The van der Waals surface area contributed by atoms with Crippen LogP contribution in [-0.2, 0) is 9.59 Å². The molecule has 1 aliphatic carbocycles. The zero-order valence-corrected chi connectivity index (χ0v) is 7.18. The Morgan fingerprint density at radius 1 is 1.50 bits per heavy atom. The van der Waals surface area contributed by atoms with Crippen LogP contribution in [0.15, 0.2) is 28.9 Å². The Balaban J connectivity index is 2.88. The molecule has 0 spiro atoms. The van der Waals surface area contributed by atoms with Crippen LogP contribution in [0.5, 0.6) is 0 Å². The van der Waals surface area contributed by atoms with Gasteiger partial charge in [-0.1, -0.05) is 6.08 Å². The molecule has 1 atom stereocenters. The van der Waals surface area contributed by atoms with Crippen LogP contribution in [0.1, 0.15) is 0 Å². The number of ketones is 1. The van der Waals surface area contributed by atoms with E-state index in [1.165, 1.54) is 12.2 Å². The van der Waals surface area contributed by atoms with Crippen LogP contribution in [-0.4, -0.2) is 22.8 Å². The van der Waals surface area contributed by atoms with Crippen molar-refractivity contribution in [3.05, 3.63) is 23.9 Å². The van der Waals surface area contributed by atoms with E-state index in [1.807, 2.05) is 0 Å². The number of rotatable bonds is 2. The van der Waals surface area contributed by atoms with Gasteiger partial charge in [-0.05, 0) is 6.08 Å². The van der Waals surface area contributed by atoms with Crippen LogP contribution < -0.4 is 11.5 Å². The molecule has 1 unspecified atom stereocenters. The van der Waals surface area contributed by atoms with Crippen LogP contribution in [0, 0.1) is 5.92 Å². The van der Waals surface area contributed by atoms with Crippen LogP contribution in [0.2, 0.25) is 0 Å². The summed E-state index contributed by atoms with van der Waals surface area (Å²) in [4.78, 5) is 25.3. The van der Waals surface area contributed by atoms with Gasteiger partial charge in [-0.3, -0.25) is 9.59 Å². The molecule has 0 amide bonds.